The third kappa shape index (κ3) is 3.35. The van der Waals surface area contributed by atoms with E-state index < -0.39 is 0 Å². The molecule has 86 valence electrons. The first-order chi connectivity index (χ1) is 7.84. The Morgan fingerprint density at radius 3 is 2.81 bits per heavy atom. The van der Waals surface area contributed by atoms with Gasteiger partial charge in [0.1, 0.15) is 0 Å². The molecule has 3 nitrogen and oxygen atoms in total. The summed E-state index contributed by atoms with van der Waals surface area (Å²) in [6.07, 6.45) is 2.95. The van der Waals surface area contributed by atoms with Crippen molar-refractivity contribution in [2.75, 3.05) is 6.61 Å². The second-order valence-electron chi connectivity index (χ2n) is 3.95. The van der Waals surface area contributed by atoms with Gasteiger partial charge in [-0.2, -0.15) is 0 Å². The summed E-state index contributed by atoms with van der Waals surface area (Å²) in [5, 5.41) is 0. The van der Waals surface area contributed by atoms with Crippen molar-refractivity contribution in [3.63, 3.8) is 0 Å². The van der Waals surface area contributed by atoms with Crippen LogP contribution in [0.1, 0.15) is 24.8 Å². The highest BCUT2D eigenvalue weighted by molar-refractivity contribution is 5.72. The monoisotopic (exact) mass is 220 g/mol. The lowest BCUT2D eigenvalue weighted by Gasteiger charge is -2.22. The molecule has 0 radical (unpaired) electrons. The molecule has 0 aromatic heterocycles. The van der Waals surface area contributed by atoms with E-state index in [1.165, 1.54) is 0 Å². The number of hydrogen-bond donors (Lipinski definition) is 0. The number of hydrogen-bond acceptors (Lipinski definition) is 3. The molecule has 0 aliphatic carbocycles. The predicted octanol–water partition coefficient (Wildman–Crippen LogP) is 2.30. The van der Waals surface area contributed by atoms with E-state index in [1.807, 2.05) is 30.3 Å². The van der Waals surface area contributed by atoms with Crippen molar-refractivity contribution in [1.29, 1.82) is 0 Å². The summed E-state index contributed by atoms with van der Waals surface area (Å²) in [5.74, 6) is -0.210. The van der Waals surface area contributed by atoms with Crippen molar-refractivity contribution in [2.24, 2.45) is 0 Å². The van der Waals surface area contributed by atoms with Gasteiger partial charge in [0.15, 0.2) is 0 Å². The highest BCUT2D eigenvalue weighted by atomic mass is 16.7. The molecule has 0 amide bonds. The largest absolute Gasteiger partial charge is 0.436 e. The van der Waals surface area contributed by atoms with Crippen molar-refractivity contribution in [1.82, 2.24) is 0 Å². The van der Waals surface area contributed by atoms with E-state index in [1.54, 1.807) is 0 Å². The maximum absolute atomic E-state index is 11.6. The quantitative estimate of drug-likeness (QED) is 0.733. The zero-order valence-electron chi connectivity index (χ0n) is 9.22. The molecule has 0 N–H and O–H groups in total. The number of benzene rings is 1. The number of ether oxygens (including phenoxy) is 2. The summed E-state index contributed by atoms with van der Waals surface area (Å²) in [6, 6.07) is 9.60. The average molecular weight is 220 g/mol. The molecule has 0 bridgehead atoms. The van der Waals surface area contributed by atoms with E-state index >= 15 is 0 Å². The standard InChI is InChI=1S/C13H16O3/c14-12(10-11-6-2-1-3-7-11)16-13-8-4-5-9-15-13/h1-3,6-7,13H,4-5,8-10H2. The van der Waals surface area contributed by atoms with E-state index in [-0.39, 0.29) is 12.3 Å². The van der Waals surface area contributed by atoms with Crippen LogP contribution in [-0.2, 0) is 20.7 Å². The Labute approximate surface area is 95.4 Å². The van der Waals surface area contributed by atoms with Gasteiger partial charge in [-0.1, -0.05) is 30.3 Å². The Balaban J connectivity index is 1.80. The summed E-state index contributed by atoms with van der Waals surface area (Å²) in [7, 11) is 0. The summed E-state index contributed by atoms with van der Waals surface area (Å²) in [5.41, 5.74) is 0.975. The molecule has 0 spiro atoms. The van der Waals surface area contributed by atoms with Crippen LogP contribution >= 0.6 is 0 Å². The molecule has 1 aliphatic rings. The minimum Gasteiger partial charge on any atom is -0.436 e. The smallest absolute Gasteiger partial charge is 0.312 e. The Kier molecular flexibility index (Phi) is 3.94. The van der Waals surface area contributed by atoms with Crippen LogP contribution < -0.4 is 0 Å². The molecule has 1 atom stereocenters. The van der Waals surface area contributed by atoms with Gasteiger partial charge >= 0.3 is 5.97 Å². The Morgan fingerprint density at radius 1 is 1.31 bits per heavy atom. The highest BCUT2D eigenvalue weighted by Crippen LogP contribution is 2.14. The minimum atomic E-state index is -0.329. The van der Waals surface area contributed by atoms with Crippen LogP contribution in [0, 0.1) is 0 Å². The molecule has 1 heterocycles. The van der Waals surface area contributed by atoms with E-state index in [4.69, 9.17) is 9.47 Å². The highest BCUT2D eigenvalue weighted by Gasteiger charge is 2.17. The van der Waals surface area contributed by atoms with Gasteiger partial charge in [0.2, 0.25) is 6.29 Å². The van der Waals surface area contributed by atoms with Crippen molar-refractivity contribution in [2.45, 2.75) is 32.0 Å². The molecule has 1 aliphatic heterocycles. The molecule has 0 saturated carbocycles. The summed E-state index contributed by atoms with van der Waals surface area (Å²) >= 11 is 0. The third-order valence-corrected chi connectivity index (χ3v) is 2.59. The maximum atomic E-state index is 11.6. The van der Waals surface area contributed by atoms with Crippen molar-refractivity contribution in [3.8, 4) is 0 Å². The topological polar surface area (TPSA) is 35.5 Å². The summed E-state index contributed by atoms with van der Waals surface area (Å²) in [6.45, 7) is 0.698. The second kappa shape index (κ2) is 5.66. The van der Waals surface area contributed by atoms with Crippen LogP contribution in [0.15, 0.2) is 30.3 Å². The lowest BCUT2D eigenvalue weighted by atomic mass is 10.1. The number of carbonyl (C=O) groups is 1. The average Bonchev–Trinajstić information content (AvgIpc) is 2.31. The Bertz CT molecular complexity index is 328. The maximum Gasteiger partial charge on any atom is 0.312 e. The number of carbonyl (C=O) groups excluding carboxylic acids is 1. The summed E-state index contributed by atoms with van der Waals surface area (Å²) < 4.78 is 10.6. The van der Waals surface area contributed by atoms with Gasteiger partial charge in [0.05, 0.1) is 13.0 Å². The zero-order valence-corrected chi connectivity index (χ0v) is 9.22. The van der Waals surface area contributed by atoms with Crippen LogP contribution in [0.25, 0.3) is 0 Å². The van der Waals surface area contributed by atoms with E-state index in [2.05, 4.69) is 0 Å². The van der Waals surface area contributed by atoms with Crippen LogP contribution in [0.3, 0.4) is 0 Å². The van der Waals surface area contributed by atoms with Gasteiger partial charge in [-0.15, -0.1) is 0 Å². The van der Waals surface area contributed by atoms with E-state index in [9.17, 15) is 4.79 Å². The minimum absolute atomic E-state index is 0.210. The lowest BCUT2D eigenvalue weighted by molar-refractivity contribution is -0.185. The van der Waals surface area contributed by atoms with Gasteiger partial charge in [0.25, 0.3) is 0 Å². The molecule has 1 aromatic carbocycles. The van der Waals surface area contributed by atoms with E-state index in [0.29, 0.717) is 13.0 Å². The van der Waals surface area contributed by atoms with Crippen LogP contribution in [0.4, 0.5) is 0 Å². The van der Waals surface area contributed by atoms with E-state index in [0.717, 1.165) is 24.8 Å². The summed E-state index contributed by atoms with van der Waals surface area (Å²) in [4.78, 5) is 11.6. The van der Waals surface area contributed by atoms with Gasteiger partial charge < -0.3 is 9.47 Å². The number of rotatable bonds is 3. The van der Waals surface area contributed by atoms with Crippen LogP contribution in [-0.4, -0.2) is 18.9 Å². The van der Waals surface area contributed by atoms with Crippen molar-refractivity contribution >= 4 is 5.97 Å². The fourth-order valence-electron chi connectivity index (χ4n) is 1.75. The normalized spacial score (nSPS) is 20.4. The second-order valence-corrected chi connectivity index (χ2v) is 3.95. The fraction of sp³-hybridized carbons (Fsp3) is 0.462. The lowest BCUT2D eigenvalue weighted by Crippen LogP contribution is -2.26. The molecule has 2 rings (SSSR count). The first-order valence-electron chi connectivity index (χ1n) is 5.69. The van der Waals surface area contributed by atoms with Crippen molar-refractivity contribution < 1.29 is 14.3 Å². The van der Waals surface area contributed by atoms with Gasteiger partial charge in [-0.25, -0.2) is 0 Å². The molecule has 1 fully saturated rings. The molecule has 1 aromatic rings. The Morgan fingerprint density at radius 2 is 2.12 bits per heavy atom. The van der Waals surface area contributed by atoms with Gasteiger partial charge in [-0.3, -0.25) is 4.79 Å². The Hall–Kier alpha value is -1.35. The molecule has 1 saturated heterocycles. The van der Waals surface area contributed by atoms with Gasteiger partial charge in [0, 0.05) is 6.42 Å². The zero-order chi connectivity index (χ0) is 11.2. The van der Waals surface area contributed by atoms with Crippen molar-refractivity contribution in [3.05, 3.63) is 35.9 Å². The molecule has 1 unspecified atom stereocenters. The van der Waals surface area contributed by atoms with Crippen LogP contribution in [0.2, 0.25) is 0 Å². The molecular formula is C13H16O3. The molecule has 3 heteroatoms. The third-order valence-electron chi connectivity index (χ3n) is 2.59. The van der Waals surface area contributed by atoms with Crippen LogP contribution in [0.5, 0.6) is 0 Å². The van der Waals surface area contributed by atoms with Gasteiger partial charge in [-0.05, 0) is 18.4 Å². The molecule has 16 heavy (non-hydrogen) atoms. The fourth-order valence-corrected chi connectivity index (χ4v) is 1.75. The SMILES string of the molecule is O=C(Cc1ccccc1)OC1CCCCO1. The first-order valence-corrected chi connectivity index (χ1v) is 5.69. The molecular weight excluding hydrogens is 204 g/mol. The first kappa shape index (κ1) is 11.1. The predicted molar refractivity (Wildman–Crippen MR) is 59.8 cm³/mol. The number of esters is 1.